The fourth-order valence-corrected chi connectivity index (χ4v) is 1.38. The van der Waals surface area contributed by atoms with Crippen LogP contribution in [-0.2, 0) is 14.3 Å². The van der Waals surface area contributed by atoms with Crippen LogP contribution in [0, 0.1) is 6.92 Å². The Kier molecular flexibility index (Phi) is 16.6. The molecule has 0 amide bonds. The lowest BCUT2D eigenvalue weighted by Crippen LogP contribution is -2.16. The van der Waals surface area contributed by atoms with Gasteiger partial charge in [0, 0.05) is 11.1 Å². The minimum atomic E-state index is -0.398. The standard InChI is InChI=1S/C10H9N.C5H9NO2.C3H8.CH2O/c1-8-6-7-9-4-2-3-5-10(9)11-8;1-2-3-8-5(7)4-6;1-3-2;1-2/h2-7H,1H3;2H,1,3-4,6H2;3H2,1-2H3;1H2. The van der Waals surface area contributed by atoms with Gasteiger partial charge in [-0.1, -0.05) is 57.2 Å². The Balaban J connectivity index is 0. The Morgan fingerprint density at radius 2 is 1.79 bits per heavy atom. The number of aromatic nitrogens is 1. The van der Waals surface area contributed by atoms with E-state index in [9.17, 15) is 4.79 Å². The molecule has 2 rings (SSSR count). The van der Waals surface area contributed by atoms with E-state index in [1.54, 1.807) is 0 Å². The van der Waals surface area contributed by atoms with Crippen LogP contribution in [0.4, 0.5) is 0 Å². The molecule has 0 saturated heterocycles. The third-order valence-electron chi connectivity index (χ3n) is 2.27. The summed E-state index contributed by atoms with van der Waals surface area (Å²) in [4.78, 5) is 22.6. The van der Waals surface area contributed by atoms with E-state index < -0.39 is 5.97 Å². The normalized spacial score (nSPS) is 8.33. The number of carbonyl (C=O) groups is 2. The molecule has 0 radical (unpaired) electrons. The van der Waals surface area contributed by atoms with E-state index in [1.807, 2.05) is 38.0 Å². The van der Waals surface area contributed by atoms with Gasteiger partial charge in [-0.05, 0) is 19.1 Å². The number of aryl methyl sites for hydroxylation is 1. The summed E-state index contributed by atoms with van der Waals surface area (Å²) < 4.78 is 4.46. The van der Waals surface area contributed by atoms with E-state index in [0.717, 1.165) is 11.2 Å². The molecule has 0 aliphatic heterocycles. The molecule has 132 valence electrons. The summed E-state index contributed by atoms with van der Waals surface area (Å²) in [6.45, 7) is 11.8. The number of pyridine rings is 1. The predicted octanol–water partition coefficient (Wildman–Crippen LogP) is 3.45. The second-order valence-corrected chi connectivity index (χ2v) is 4.53. The average Bonchev–Trinajstić information content (AvgIpc) is 2.62. The first-order valence-electron chi connectivity index (χ1n) is 7.66. The maximum atomic E-state index is 10.2. The van der Waals surface area contributed by atoms with Crippen molar-refractivity contribution < 1.29 is 14.3 Å². The number of nitrogens with zero attached hydrogens (tertiary/aromatic N) is 1. The minimum Gasteiger partial charge on any atom is -0.461 e. The van der Waals surface area contributed by atoms with Gasteiger partial charge in [-0.15, -0.1) is 0 Å². The molecule has 0 saturated carbocycles. The quantitative estimate of drug-likeness (QED) is 0.687. The van der Waals surface area contributed by atoms with Crippen molar-refractivity contribution in [2.45, 2.75) is 27.2 Å². The van der Waals surface area contributed by atoms with E-state index in [2.05, 4.69) is 42.3 Å². The van der Waals surface area contributed by atoms with Crippen molar-refractivity contribution in [2.75, 3.05) is 13.2 Å². The number of nitrogens with two attached hydrogens (primary N) is 1. The van der Waals surface area contributed by atoms with E-state index in [4.69, 9.17) is 10.5 Å². The van der Waals surface area contributed by atoms with Gasteiger partial charge in [0.15, 0.2) is 0 Å². The first-order valence-corrected chi connectivity index (χ1v) is 7.66. The van der Waals surface area contributed by atoms with Crippen molar-refractivity contribution >= 4 is 23.7 Å². The molecule has 0 spiro atoms. The van der Waals surface area contributed by atoms with Crippen LogP contribution in [0.25, 0.3) is 10.9 Å². The lowest BCUT2D eigenvalue weighted by Gasteiger charge is -1.95. The van der Waals surface area contributed by atoms with Gasteiger partial charge in [0.25, 0.3) is 0 Å². The third kappa shape index (κ3) is 12.1. The molecule has 0 aliphatic carbocycles. The van der Waals surface area contributed by atoms with E-state index in [1.165, 1.54) is 17.9 Å². The van der Waals surface area contributed by atoms with Crippen molar-refractivity contribution in [3.63, 3.8) is 0 Å². The minimum absolute atomic E-state index is 0.0617. The molecular weight excluding hydrogens is 304 g/mol. The molecule has 0 atom stereocenters. The van der Waals surface area contributed by atoms with Gasteiger partial charge in [0.2, 0.25) is 0 Å². The number of benzene rings is 1. The topological polar surface area (TPSA) is 82.3 Å². The summed E-state index contributed by atoms with van der Waals surface area (Å²) in [5.41, 5.74) is 7.05. The molecule has 1 heterocycles. The van der Waals surface area contributed by atoms with Crippen LogP contribution in [0.15, 0.2) is 49.1 Å². The first kappa shape index (κ1) is 23.7. The molecular formula is C19H28N2O3. The highest BCUT2D eigenvalue weighted by molar-refractivity contribution is 5.78. The fourth-order valence-electron chi connectivity index (χ4n) is 1.38. The molecule has 2 aromatic rings. The summed E-state index contributed by atoms with van der Waals surface area (Å²) in [6, 6.07) is 12.3. The van der Waals surface area contributed by atoms with E-state index in [-0.39, 0.29) is 13.2 Å². The van der Waals surface area contributed by atoms with Crippen molar-refractivity contribution in [2.24, 2.45) is 5.73 Å². The molecule has 5 heteroatoms. The summed E-state index contributed by atoms with van der Waals surface area (Å²) in [7, 11) is 0. The summed E-state index contributed by atoms with van der Waals surface area (Å²) >= 11 is 0. The van der Waals surface area contributed by atoms with Crippen LogP contribution in [-0.4, -0.2) is 30.9 Å². The van der Waals surface area contributed by atoms with Crippen LogP contribution < -0.4 is 5.73 Å². The van der Waals surface area contributed by atoms with E-state index in [0.29, 0.717) is 0 Å². The van der Waals surface area contributed by atoms with Crippen LogP contribution in [0.2, 0.25) is 0 Å². The molecule has 24 heavy (non-hydrogen) atoms. The zero-order chi connectivity index (χ0) is 18.8. The fraction of sp³-hybridized carbons (Fsp3) is 0.316. The monoisotopic (exact) mass is 332 g/mol. The predicted molar refractivity (Wildman–Crippen MR) is 99.8 cm³/mol. The summed E-state index contributed by atoms with van der Waals surface area (Å²) in [6.07, 6.45) is 2.74. The third-order valence-corrected chi connectivity index (χ3v) is 2.27. The number of carbonyl (C=O) groups excluding carboxylic acids is 2. The Hall–Kier alpha value is -2.53. The second kappa shape index (κ2) is 16.8. The van der Waals surface area contributed by atoms with Crippen LogP contribution in [0.3, 0.4) is 0 Å². The van der Waals surface area contributed by atoms with Crippen molar-refractivity contribution in [3.8, 4) is 0 Å². The van der Waals surface area contributed by atoms with E-state index >= 15 is 0 Å². The molecule has 0 unspecified atom stereocenters. The lowest BCUT2D eigenvalue weighted by atomic mass is 10.2. The Morgan fingerprint density at radius 1 is 1.21 bits per heavy atom. The number of fused-ring (bicyclic) bond motifs is 1. The SMILES string of the molecule is C=CCOC(=O)CN.C=O.CCC.Cc1ccc2ccccc2n1. The number of para-hydroxylation sites is 1. The van der Waals surface area contributed by atoms with Gasteiger partial charge < -0.3 is 15.3 Å². The lowest BCUT2D eigenvalue weighted by molar-refractivity contribution is -0.140. The summed E-state index contributed by atoms with van der Waals surface area (Å²) in [5.74, 6) is -0.398. The highest BCUT2D eigenvalue weighted by Crippen LogP contribution is 2.10. The Bertz CT molecular complexity index is 586. The van der Waals surface area contributed by atoms with Gasteiger partial charge in [0.05, 0.1) is 12.1 Å². The maximum Gasteiger partial charge on any atom is 0.320 e. The smallest absolute Gasteiger partial charge is 0.320 e. The average molecular weight is 332 g/mol. The highest BCUT2D eigenvalue weighted by Gasteiger charge is 1.92. The van der Waals surface area contributed by atoms with Crippen molar-refractivity contribution in [1.82, 2.24) is 4.98 Å². The van der Waals surface area contributed by atoms with Gasteiger partial charge in [0.1, 0.15) is 13.4 Å². The molecule has 5 nitrogen and oxygen atoms in total. The van der Waals surface area contributed by atoms with Gasteiger partial charge >= 0.3 is 5.97 Å². The molecule has 0 bridgehead atoms. The maximum absolute atomic E-state index is 10.2. The van der Waals surface area contributed by atoms with Crippen LogP contribution >= 0.6 is 0 Å². The zero-order valence-electron chi connectivity index (χ0n) is 14.8. The molecule has 0 aliphatic rings. The number of ether oxygens (including phenoxy) is 1. The Morgan fingerprint density at radius 3 is 2.33 bits per heavy atom. The highest BCUT2D eigenvalue weighted by atomic mass is 16.5. The molecule has 2 N–H and O–H groups in total. The first-order chi connectivity index (χ1) is 11.6. The number of hydrogen-bond acceptors (Lipinski definition) is 5. The van der Waals surface area contributed by atoms with Crippen molar-refractivity contribution in [1.29, 1.82) is 0 Å². The second-order valence-electron chi connectivity index (χ2n) is 4.53. The van der Waals surface area contributed by atoms with Gasteiger partial charge in [-0.2, -0.15) is 0 Å². The number of hydrogen-bond donors (Lipinski definition) is 1. The molecule has 1 aromatic heterocycles. The number of esters is 1. The van der Waals surface area contributed by atoms with Crippen LogP contribution in [0.1, 0.15) is 26.0 Å². The van der Waals surface area contributed by atoms with Gasteiger partial charge in [-0.25, -0.2) is 0 Å². The van der Waals surface area contributed by atoms with Gasteiger partial charge in [-0.3, -0.25) is 9.78 Å². The Labute approximate surface area is 144 Å². The zero-order valence-corrected chi connectivity index (χ0v) is 14.8. The number of rotatable bonds is 3. The molecule has 1 aromatic carbocycles. The molecule has 0 fully saturated rings. The largest absolute Gasteiger partial charge is 0.461 e. The van der Waals surface area contributed by atoms with Crippen molar-refractivity contribution in [3.05, 3.63) is 54.7 Å². The van der Waals surface area contributed by atoms with Crippen LogP contribution in [0.5, 0.6) is 0 Å². The summed E-state index contributed by atoms with van der Waals surface area (Å²) in [5, 5.41) is 1.21.